The first-order valence-corrected chi connectivity index (χ1v) is 10.2. The SMILES string of the molecule is COc1ccc(-c2ccc(C(=O)NCCCN(C)Cc3ccccc3)s2)cc1. The standard InChI is InChI=1S/C23H26N2O2S/c1-25(17-18-7-4-3-5-8-18)16-6-15-24-23(26)22-14-13-21(28-22)19-9-11-20(27-2)12-10-19/h3-5,7-14H,6,15-17H2,1-2H3,(H,24,26). The number of ether oxygens (including phenoxy) is 1. The topological polar surface area (TPSA) is 41.6 Å². The van der Waals surface area contributed by atoms with Gasteiger partial charge in [0.05, 0.1) is 12.0 Å². The van der Waals surface area contributed by atoms with Crippen molar-refractivity contribution in [3.63, 3.8) is 0 Å². The Morgan fingerprint density at radius 2 is 1.79 bits per heavy atom. The van der Waals surface area contributed by atoms with E-state index in [0.29, 0.717) is 6.54 Å². The molecule has 1 amide bonds. The van der Waals surface area contributed by atoms with Crippen LogP contribution in [0.4, 0.5) is 0 Å². The summed E-state index contributed by atoms with van der Waals surface area (Å²) in [4.78, 5) is 16.5. The summed E-state index contributed by atoms with van der Waals surface area (Å²) in [7, 11) is 3.76. The Morgan fingerprint density at radius 1 is 1.04 bits per heavy atom. The molecule has 0 atom stereocenters. The second-order valence-electron chi connectivity index (χ2n) is 6.73. The van der Waals surface area contributed by atoms with Crippen LogP contribution < -0.4 is 10.1 Å². The summed E-state index contributed by atoms with van der Waals surface area (Å²) in [5.41, 5.74) is 2.39. The number of hydrogen-bond donors (Lipinski definition) is 1. The summed E-state index contributed by atoms with van der Waals surface area (Å²) in [6, 6.07) is 22.2. The molecule has 1 aromatic heterocycles. The Kier molecular flexibility index (Phi) is 7.23. The molecule has 4 nitrogen and oxygen atoms in total. The quantitative estimate of drug-likeness (QED) is 0.536. The zero-order chi connectivity index (χ0) is 19.8. The zero-order valence-corrected chi connectivity index (χ0v) is 17.2. The van der Waals surface area contributed by atoms with Gasteiger partial charge in [0.2, 0.25) is 0 Å². The Bertz CT molecular complexity index is 875. The molecule has 3 rings (SSSR count). The number of methoxy groups -OCH3 is 1. The van der Waals surface area contributed by atoms with Crippen molar-refractivity contribution in [1.29, 1.82) is 0 Å². The third-order valence-corrected chi connectivity index (χ3v) is 5.63. The van der Waals surface area contributed by atoms with Crippen LogP contribution in [0.3, 0.4) is 0 Å². The van der Waals surface area contributed by atoms with Crippen LogP contribution in [0.1, 0.15) is 21.7 Å². The molecule has 0 aliphatic rings. The minimum absolute atomic E-state index is 0.00419. The van der Waals surface area contributed by atoms with Crippen LogP contribution in [0.15, 0.2) is 66.7 Å². The third-order valence-electron chi connectivity index (χ3n) is 4.50. The lowest BCUT2D eigenvalue weighted by Crippen LogP contribution is -2.27. The van der Waals surface area contributed by atoms with Crippen LogP contribution in [0.5, 0.6) is 5.75 Å². The van der Waals surface area contributed by atoms with E-state index in [1.807, 2.05) is 42.5 Å². The highest BCUT2D eigenvalue weighted by Crippen LogP contribution is 2.29. The number of benzene rings is 2. The van der Waals surface area contributed by atoms with E-state index in [0.717, 1.165) is 40.6 Å². The maximum atomic E-state index is 12.4. The first-order valence-electron chi connectivity index (χ1n) is 9.40. The van der Waals surface area contributed by atoms with Gasteiger partial charge in [-0.3, -0.25) is 4.79 Å². The van der Waals surface area contributed by atoms with E-state index in [2.05, 4.69) is 41.5 Å². The highest BCUT2D eigenvalue weighted by molar-refractivity contribution is 7.17. The highest BCUT2D eigenvalue weighted by atomic mass is 32.1. The van der Waals surface area contributed by atoms with Gasteiger partial charge in [0.25, 0.3) is 5.91 Å². The largest absolute Gasteiger partial charge is 0.497 e. The van der Waals surface area contributed by atoms with Crippen molar-refractivity contribution in [2.24, 2.45) is 0 Å². The smallest absolute Gasteiger partial charge is 0.261 e. The average molecular weight is 395 g/mol. The van der Waals surface area contributed by atoms with Gasteiger partial charge >= 0.3 is 0 Å². The number of carbonyl (C=O) groups is 1. The molecule has 0 bridgehead atoms. The predicted molar refractivity (Wildman–Crippen MR) is 116 cm³/mol. The zero-order valence-electron chi connectivity index (χ0n) is 16.4. The molecule has 5 heteroatoms. The van der Waals surface area contributed by atoms with Gasteiger partial charge in [-0.25, -0.2) is 0 Å². The van der Waals surface area contributed by atoms with Crippen LogP contribution in [-0.2, 0) is 6.54 Å². The predicted octanol–water partition coefficient (Wildman–Crippen LogP) is 4.68. The summed E-state index contributed by atoms with van der Waals surface area (Å²) in [5.74, 6) is 0.825. The molecule has 0 aliphatic heterocycles. The molecule has 3 aromatic rings. The minimum atomic E-state index is -0.00419. The lowest BCUT2D eigenvalue weighted by molar-refractivity contribution is 0.0956. The Balaban J connectivity index is 1.43. The molecule has 0 fully saturated rings. The van der Waals surface area contributed by atoms with Gasteiger partial charge in [-0.05, 0) is 67.5 Å². The average Bonchev–Trinajstić information content (AvgIpc) is 3.22. The van der Waals surface area contributed by atoms with Crippen molar-refractivity contribution >= 4 is 17.2 Å². The molecule has 0 unspecified atom stereocenters. The molecule has 1 N–H and O–H groups in total. The number of rotatable bonds is 9. The molecule has 28 heavy (non-hydrogen) atoms. The highest BCUT2D eigenvalue weighted by Gasteiger charge is 2.10. The first-order chi connectivity index (χ1) is 13.7. The van der Waals surface area contributed by atoms with Crippen LogP contribution in [0.25, 0.3) is 10.4 Å². The molecule has 0 saturated heterocycles. The molecule has 2 aromatic carbocycles. The Hall–Kier alpha value is -2.63. The monoisotopic (exact) mass is 394 g/mol. The number of carbonyl (C=O) groups excluding carboxylic acids is 1. The van der Waals surface area contributed by atoms with Crippen molar-refractivity contribution in [1.82, 2.24) is 10.2 Å². The summed E-state index contributed by atoms with van der Waals surface area (Å²) in [6.07, 6.45) is 0.922. The summed E-state index contributed by atoms with van der Waals surface area (Å²) < 4.78 is 5.19. The molecule has 0 radical (unpaired) electrons. The summed E-state index contributed by atoms with van der Waals surface area (Å²) in [5, 5.41) is 3.03. The van der Waals surface area contributed by atoms with Crippen LogP contribution >= 0.6 is 11.3 Å². The van der Waals surface area contributed by atoms with E-state index in [1.165, 1.54) is 16.9 Å². The molecule has 0 spiro atoms. The van der Waals surface area contributed by atoms with E-state index in [-0.39, 0.29) is 5.91 Å². The van der Waals surface area contributed by atoms with Gasteiger partial charge in [0.1, 0.15) is 5.75 Å². The summed E-state index contributed by atoms with van der Waals surface area (Å²) in [6.45, 7) is 2.54. The lowest BCUT2D eigenvalue weighted by atomic mass is 10.2. The van der Waals surface area contributed by atoms with Gasteiger partial charge in [-0.15, -0.1) is 11.3 Å². The van der Waals surface area contributed by atoms with Crippen molar-refractivity contribution in [3.8, 4) is 16.2 Å². The maximum absolute atomic E-state index is 12.4. The van der Waals surface area contributed by atoms with Crippen molar-refractivity contribution in [2.45, 2.75) is 13.0 Å². The second-order valence-corrected chi connectivity index (χ2v) is 7.81. The van der Waals surface area contributed by atoms with Gasteiger partial charge in [-0.1, -0.05) is 30.3 Å². The number of amides is 1. The second kappa shape index (κ2) is 10.1. The van der Waals surface area contributed by atoms with Gasteiger partial charge in [0.15, 0.2) is 0 Å². The minimum Gasteiger partial charge on any atom is -0.497 e. The fourth-order valence-corrected chi connectivity index (χ4v) is 3.91. The molecular formula is C23H26N2O2S. The number of thiophene rings is 1. The Labute approximate surface area is 170 Å². The van der Waals surface area contributed by atoms with Crippen LogP contribution in [-0.4, -0.2) is 38.1 Å². The molecule has 0 aliphatic carbocycles. The van der Waals surface area contributed by atoms with E-state index in [1.54, 1.807) is 7.11 Å². The fourth-order valence-electron chi connectivity index (χ4n) is 2.98. The number of nitrogens with zero attached hydrogens (tertiary/aromatic N) is 1. The van der Waals surface area contributed by atoms with Gasteiger partial charge < -0.3 is 15.0 Å². The van der Waals surface area contributed by atoms with E-state index < -0.39 is 0 Å². The fraction of sp³-hybridized carbons (Fsp3) is 0.261. The lowest BCUT2D eigenvalue weighted by Gasteiger charge is -2.16. The first kappa shape index (κ1) is 20.1. The van der Waals surface area contributed by atoms with E-state index >= 15 is 0 Å². The van der Waals surface area contributed by atoms with Crippen molar-refractivity contribution < 1.29 is 9.53 Å². The van der Waals surface area contributed by atoms with E-state index in [9.17, 15) is 4.79 Å². The van der Waals surface area contributed by atoms with Crippen LogP contribution in [0, 0.1) is 0 Å². The molecule has 146 valence electrons. The van der Waals surface area contributed by atoms with Crippen molar-refractivity contribution in [3.05, 3.63) is 77.2 Å². The normalized spacial score (nSPS) is 10.8. The molecule has 0 saturated carbocycles. The Morgan fingerprint density at radius 3 is 2.50 bits per heavy atom. The third kappa shape index (κ3) is 5.68. The molecule has 1 heterocycles. The van der Waals surface area contributed by atoms with Gasteiger partial charge in [-0.2, -0.15) is 0 Å². The maximum Gasteiger partial charge on any atom is 0.261 e. The van der Waals surface area contributed by atoms with Gasteiger partial charge in [0, 0.05) is 18.0 Å². The number of nitrogens with one attached hydrogen (secondary N) is 1. The summed E-state index contributed by atoms with van der Waals surface area (Å²) >= 11 is 1.51. The molecular weight excluding hydrogens is 368 g/mol. The number of hydrogen-bond acceptors (Lipinski definition) is 4. The van der Waals surface area contributed by atoms with E-state index in [4.69, 9.17) is 4.74 Å². The van der Waals surface area contributed by atoms with Crippen LogP contribution in [0.2, 0.25) is 0 Å². The van der Waals surface area contributed by atoms with Crippen molar-refractivity contribution in [2.75, 3.05) is 27.2 Å².